The first-order valence-electron chi connectivity index (χ1n) is 6.58. The largest absolute Gasteiger partial charge is 0.478 e. The Morgan fingerprint density at radius 2 is 2.19 bits per heavy atom. The molecule has 1 aromatic carbocycles. The molecule has 0 fully saturated rings. The van der Waals surface area contributed by atoms with Gasteiger partial charge in [-0.3, -0.25) is 0 Å². The number of carboxylic acids is 1. The fraction of sp³-hybridized carbons (Fsp3) is 0.267. The third kappa shape index (κ3) is 2.54. The lowest BCUT2D eigenvalue weighted by molar-refractivity contribution is 0.0697. The van der Waals surface area contributed by atoms with Gasteiger partial charge in [0.1, 0.15) is 5.52 Å². The Morgan fingerprint density at radius 3 is 2.86 bits per heavy atom. The van der Waals surface area contributed by atoms with Crippen LogP contribution in [0.5, 0.6) is 0 Å². The number of nitrogens with zero attached hydrogens (tertiary/aromatic N) is 3. The Balaban J connectivity index is 2.01. The first-order valence-corrected chi connectivity index (χ1v) is 7.46. The van der Waals surface area contributed by atoms with Gasteiger partial charge in [-0.1, -0.05) is 25.1 Å². The summed E-state index contributed by atoms with van der Waals surface area (Å²) in [6, 6.07) is 9.01. The number of aromatic nitrogens is 3. The highest BCUT2D eigenvalue weighted by atomic mass is 32.1. The summed E-state index contributed by atoms with van der Waals surface area (Å²) in [6.45, 7) is 4.94. The molecule has 0 atom stereocenters. The molecule has 0 bridgehead atoms. The van der Waals surface area contributed by atoms with Crippen LogP contribution in [-0.2, 0) is 12.0 Å². The van der Waals surface area contributed by atoms with E-state index in [1.807, 2.05) is 6.07 Å². The van der Waals surface area contributed by atoms with Gasteiger partial charge >= 0.3 is 5.97 Å². The van der Waals surface area contributed by atoms with Crippen molar-refractivity contribution in [3.63, 3.8) is 0 Å². The van der Waals surface area contributed by atoms with Crippen LogP contribution in [0.25, 0.3) is 11.0 Å². The minimum Gasteiger partial charge on any atom is -0.478 e. The lowest BCUT2D eigenvalue weighted by Gasteiger charge is -2.23. The maximum Gasteiger partial charge on any atom is 0.335 e. The number of rotatable bonds is 4. The van der Waals surface area contributed by atoms with Gasteiger partial charge in [0, 0.05) is 10.3 Å². The number of aromatic carboxylic acids is 1. The van der Waals surface area contributed by atoms with E-state index in [0.717, 1.165) is 5.52 Å². The Morgan fingerprint density at radius 1 is 1.38 bits per heavy atom. The molecule has 6 heteroatoms. The van der Waals surface area contributed by atoms with Crippen molar-refractivity contribution in [2.45, 2.75) is 25.8 Å². The van der Waals surface area contributed by atoms with Crippen LogP contribution < -0.4 is 0 Å². The second-order valence-corrected chi connectivity index (χ2v) is 6.56. The highest BCUT2D eigenvalue weighted by Crippen LogP contribution is 2.30. The van der Waals surface area contributed by atoms with E-state index in [-0.39, 0.29) is 11.0 Å². The number of carbonyl (C=O) groups is 1. The standard InChI is InChI=1S/C15H15N3O2S/c1-15(2,13-4-3-7-21-13)9-18-12-8-10(14(19)20)5-6-11(12)16-17-18/h3-8H,9H2,1-2H3,(H,19,20). The van der Waals surface area contributed by atoms with Crippen molar-refractivity contribution in [2.75, 3.05) is 0 Å². The van der Waals surface area contributed by atoms with Crippen molar-refractivity contribution in [3.05, 3.63) is 46.2 Å². The molecule has 0 spiro atoms. The number of hydrogen-bond acceptors (Lipinski definition) is 4. The predicted molar refractivity (Wildman–Crippen MR) is 81.8 cm³/mol. The van der Waals surface area contributed by atoms with Gasteiger partial charge in [-0.25, -0.2) is 9.48 Å². The summed E-state index contributed by atoms with van der Waals surface area (Å²) in [5.41, 5.74) is 1.62. The van der Waals surface area contributed by atoms with Crippen LogP contribution >= 0.6 is 11.3 Å². The van der Waals surface area contributed by atoms with Gasteiger partial charge < -0.3 is 5.11 Å². The van der Waals surface area contributed by atoms with Gasteiger partial charge in [0.05, 0.1) is 17.6 Å². The fourth-order valence-electron chi connectivity index (χ4n) is 2.33. The van der Waals surface area contributed by atoms with E-state index >= 15 is 0 Å². The first-order chi connectivity index (χ1) is 9.97. The Hall–Kier alpha value is -2.21. The average molecular weight is 301 g/mol. The molecule has 0 saturated heterocycles. The fourth-order valence-corrected chi connectivity index (χ4v) is 3.18. The van der Waals surface area contributed by atoms with Gasteiger partial charge in [-0.2, -0.15) is 0 Å². The van der Waals surface area contributed by atoms with E-state index in [0.29, 0.717) is 12.1 Å². The molecule has 21 heavy (non-hydrogen) atoms. The SMILES string of the molecule is CC(C)(Cn1nnc2ccc(C(=O)O)cc21)c1cccs1. The molecule has 1 N–H and O–H groups in total. The summed E-state index contributed by atoms with van der Waals surface area (Å²) in [5.74, 6) is -0.942. The summed E-state index contributed by atoms with van der Waals surface area (Å²) >= 11 is 1.71. The summed E-state index contributed by atoms with van der Waals surface area (Å²) in [5, 5.41) is 19.4. The number of hydrogen-bond donors (Lipinski definition) is 1. The predicted octanol–water partition coefficient (Wildman–Crippen LogP) is 3.17. The van der Waals surface area contributed by atoms with Crippen molar-refractivity contribution >= 4 is 28.3 Å². The van der Waals surface area contributed by atoms with Gasteiger partial charge in [-0.15, -0.1) is 16.4 Å². The Bertz CT molecular complexity index is 790. The minimum atomic E-state index is -0.942. The summed E-state index contributed by atoms with van der Waals surface area (Å²) in [7, 11) is 0. The van der Waals surface area contributed by atoms with Crippen LogP contribution in [0.1, 0.15) is 29.1 Å². The molecule has 0 aliphatic rings. The van der Waals surface area contributed by atoms with Crippen molar-refractivity contribution in [1.82, 2.24) is 15.0 Å². The molecule has 108 valence electrons. The van der Waals surface area contributed by atoms with Crippen LogP contribution in [0, 0.1) is 0 Å². The second kappa shape index (κ2) is 4.96. The molecule has 0 aliphatic heterocycles. The van der Waals surface area contributed by atoms with Gasteiger partial charge in [0.15, 0.2) is 0 Å². The van der Waals surface area contributed by atoms with Crippen LogP contribution in [-0.4, -0.2) is 26.1 Å². The van der Waals surface area contributed by atoms with E-state index in [1.54, 1.807) is 34.2 Å². The molecule has 0 amide bonds. The highest BCUT2D eigenvalue weighted by molar-refractivity contribution is 7.10. The Labute approximate surface area is 125 Å². The maximum absolute atomic E-state index is 11.1. The third-order valence-electron chi connectivity index (χ3n) is 3.49. The third-order valence-corrected chi connectivity index (χ3v) is 4.73. The molecule has 0 unspecified atom stereocenters. The lowest BCUT2D eigenvalue weighted by Crippen LogP contribution is -2.24. The van der Waals surface area contributed by atoms with Crippen molar-refractivity contribution in [2.24, 2.45) is 0 Å². The molecule has 0 radical (unpaired) electrons. The van der Waals surface area contributed by atoms with Crippen LogP contribution in [0.3, 0.4) is 0 Å². The second-order valence-electron chi connectivity index (χ2n) is 5.62. The molecule has 2 aromatic heterocycles. The smallest absolute Gasteiger partial charge is 0.335 e. The highest BCUT2D eigenvalue weighted by Gasteiger charge is 2.24. The van der Waals surface area contributed by atoms with Crippen LogP contribution in [0.2, 0.25) is 0 Å². The summed E-state index contributed by atoms with van der Waals surface area (Å²) < 4.78 is 1.78. The molecule has 3 rings (SSSR count). The van der Waals surface area contributed by atoms with Crippen molar-refractivity contribution in [1.29, 1.82) is 0 Å². The first kappa shape index (κ1) is 13.8. The van der Waals surface area contributed by atoms with Crippen molar-refractivity contribution in [3.8, 4) is 0 Å². The number of thiophene rings is 1. The maximum atomic E-state index is 11.1. The number of carboxylic acid groups (broad SMARTS) is 1. The lowest BCUT2D eigenvalue weighted by atomic mass is 9.91. The Kier molecular flexibility index (Phi) is 3.25. The zero-order valence-corrected chi connectivity index (χ0v) is 12.6. The van der Waals surface area contributed by atoms with Gasteiger partial charge in [0.2, 0.25) is 0 Å². The monoisotopic (exact) mass is 301 g/mol. The quantitative estimate of drug-likeness (QED) is 0.803. The van der Waals surface area contributed by atoms with Crippen LogP contribution in [0.15, 0.2) is 35.7 Å². The molecule has 0 aliphatic carbocycles. The summed E-state index contributed by atoms with van der Waals surface area (Å²) in [4.78, 5) is 12.4. The average Bonchev–Trinajstić information content (AvgIpc) is 3.08. The molecule has 5 nitrogen and oxygen atoms in total. The van der Waals surface area contributed by atoms with Crippen molar-refractivity contribution < 1.29 is 9.90 Å². The number of fused-ring (bicyclic) bond motifs is 1. The van der Waals surface area contributed by atoms with Gasteiger partial charge in [-0.05, 0) is 29.6 Å². The zero-order chi connectivity index (χ0) is 15.0. The summed E-state index contributed by atoms with van der Waals surface area (Å²) in [6.07, 6.45) is 0. The minimum absolute atomic E-state index is 0.0893. The molecular formula is C15H15N3O2S. The topological polar surface area (TPSA) is 68.0 Å². The molecule has 0 saturated carbocycles. The van der Waals surface area contributed by atoms with Gasteiger partial charge in [0.25, 0.3) is 0 Å². The normalized spacial score (nSPS) is 11.9. The van der Waals surface area contributed by atoms with E-state index < -0.39 is 5.97 Å². The van der Waals surface area contributed by atoms with E-state index in [4.69, 9.17) is 5.11 Å². The van der Waals surface area contributed by atoms with E-state index in [1.165, 1.54) is 4.88 Å². The molecule has 2 heterocycles. The molecule has 3 aromatic rings. The van der Waals surface area contributed by atoms with E-state index in [9.17, 15) is 4.79 Å². The number of benzene rings is 1. The zero-order valence-electron chi connectivity index (χ0n) is 11.8. The van der Waals surface area contributed by atoms with E-state index in [2.05, 4.69) is 35.6 Å². The molecular weight excluding hydrogens is 286 g/mol. The van der Waals surface area contributed by atoms with Crippen LogP contribution in [0.4, 0.5) is 0 Å².